The van der Waals surface area contributed by atoms with Gasteiger partial charge >= 0.3 is 6.03 Å². The summed E-state index contributed by atoms with van der Waals surface area (Å²) in [5, 5.41) is 13.7. The summed E-state index contributed by atoms with van der Waals surface area (Å²) in [4.78, 5) is 13.0. The molecule has 2 amide bonds. The van der Waals surface area contributed by atoms with Crippen LogP contribution in [0, 0.1) is 0 Å². The molecule has 0 fully saturated rings. The molecule has 14 heavy (non-hydrogen) atoms. The van der Waals surface area contributed by atoms with Crippen LogP contribution in [-0.4, -0.2) is 41.6 Å². The molecular formula is C8H18N4O2. The molecule has 0 aromatic heterocycles. The Bertz CT molecular complexity index is 202. The van der Waals surface area contributed by atoms with Gasteiger partial charge in [-0.1, -0.05) is 5.16 Å². The van der Waals surface area contributed by atoms with Gasteiger partial charge in [0.1, 0.15) is 5.84 Å². The molecule has 0 spiro atoms. The monoisotopic (exact) mass is 202 g/mol. The second kappa shape index (κ2) is 6.99. The molecular weight excluding hydrogens is 184 g/mol. The minimum atomic E-state index is -0.124. The van der Waals surface area contributed by atoms with Crippen LogP contribution in [0.3, 0.4) is 0 Å². The topological polar surface area (TPSA) is 91.0 Å². The number of amides is 2. The number of carbonyl (C=O) groups is 1. The zero-order valence-corrected chi connectivity index (χ0v) is 8.66. The van der Waals surface area contributed by atoms with Crippen LogP contribution in [0.15, 0.2) is 5.16 Å². The number of carbonyl (C=O) groups excluding carboxylic acids is 1. The second-order valence-electron chi connectivity index (χ2n) is 2.75. The van der Waals surface area contributed by atoms with Gasteiger partial charge in [0, 0.05) is 26.1 Å². The number of nitrogens with two attached hydrogens (primary N) is 1. The summed E-state index contributed by atoms with van der Waals surface area (Å²) < 4.78 is 0. The van der Waals surface area contributed by atoms with Gasteiger partial charge in [-0.25, -0.2) is 4.79 Å². The molecule has 0 bridgehead atoms. The Morgan fingerprint density at radius 3 is 2.50 bits per heavy atom. The fraction of sp³-hybridized carbons (Fsp3) is 0.750. The van der Waals surface area contributed by atoms with Gasteiger partial charge in [-0.15, -0.1) is 0 Å². The summed E-state index contributed by atoms with van der Waals surface area (Å²) in [6, 6.07) is -0.124. The highest BCUT2D eigenvalue weighted by atomic mass is 16.4. The molecule has 82 valence electrons. The van der Waals surface area contributed by atoms with Crippen LogP contribution in [0.4, 0.5) is 4.79 Å². The summed E-state index contributed by atoms with van der Waals surface area (Å²) in [7, 11) is 0. The number of oxime groups is 1. The van der Waals surface area contributed by atoms with Gasteiger partial charge < -0.3 is 21.2 Å². The average Bonchev–Trinajstić information content (AvgIpc) is 2.19. The Hall–Kier alpha value is -1.46. The normalized spacial score (nSPS) is 11.1. The summed E-state index contributed by atoms with van der Waals surface area (Å²) in [5.74, 6) is 0.116. The van der Waals surface area contributed by atoms with E-state index >= 15 is 0 Å². The molecule has 0 aromatic rings. The summed E-state index contributed by atoms with van der Waals surface area (Å²) in [5.41, 5.74) is 5.24. The van der Waals surface area contributed by atoms with E-state index in [9.17, 15) is 4.79 Å². The first-order chi connectivity index (χ1) is 6.65. The largest absolute Gasteiger partial charge is 0.409 e. The lowest BCUT2D eigenvalue weighted by Gasteiger charge is -2.18. The van der Waals surface area contributed by atoms with Crippen LogP contribution in [-0.2, 0) is 0 Å². The van der Waals surface area contributed by atoms with Crippen molar-refractivity contribution < 1.29 is 10.0 Å². The predicted molar refractivity (Wildman–Crippen MR) is 54.3 cm³/mol. The van der Waals surface area contributed by atoms with Crippen LogP contribution >= 0.6 is 0 Å². The first-order valence-corrected chi connectivity index (χ1v) is 4.64. The van der Waals surface area contributed by atoms with Crippen LogP contribution in [0.5, 0.6) is 0 Å². The van der Waals surface area contributed by atoms with E-state index in [1.807, 2.05) is 13.8 Å². The molecule has 0 unspecified atom stereocenters. The van der Waals surface area contributed by atoms with Gasteiger partial charge in [0.2, 0.25) is 0 Å². The lowest BCUT2D eigenvalue weighted by Crippen LogP contribution is -2.40. The van der Waals surface area contributed by atoms with Crippen molar-refractivity contribution in [2.24, 2.45) is 10.9 Å². The van der Waals surface area contributed by atoms with E-state index in [1.165, 1.54) is 0 Å². The number of nitrogens with one attached hydrogen (secondary N) is 1. The van der Waals surface area contributed by atoms with E-state index in [0.717, 1.165) is 0 Å². The molecule has 0 saturated carbocycles. The minimum absolute atomic E-state index is 0.116. The van der Waals surface area contributed by atoms with Crippen LogP contribution < -0.4 is 11.1 Å². The molecule has 0 aliphatic heterocycles. The number of hydrogen-bond donors (Lipinski definition) is 3. The Morgan fingerprint density at radius 2 is 2.07 bits per heavy atom. The zero-order chi connectivity index (χ0) is 11.0. The molecule has 0 radical (unpaired) electrons. The lowest BCUT2D eigenvalue weighted by molar-refractivity contribution is 0.203. The maximum atomic E-state index is 11.3. The molecule has 0 aromatic carbocycles. The van der Waals surface area contributed by atoms with Gasteiger partial charge in [0.05, 0.1) is 0 Å². The predicted octanol–water partition coefficient (Wildman–Crippen LogP) is 0.174. The fourth-order valence-electron chi connectivity index (χ4n) is 0.970. The van der Waals surface area contributed by atoms with Crippen LogP contribution in [0.1, 0.15) is 20.3 Å². The molecule has 6 nitrogen and oxygen atoms in total. The highest BCUT2D eigenvalue weighted by molar-refractivity contribution is 5.80. The summed E-state index contributed by atoms with van der Waals surface area (Å²) in [6.45, 7) is 5.54. The van der Waals surface area contributed by atoms with Crippen LogP contribution in [0.2, 0.25) is 0 Å². The molecule has 0 saturated heterocycles. The van der Waals surface area contributed by atoms with E-state index < -0.39 is 0 Å². The van der Waals surface area contributed by atoms with Crippen molar-refractivity contribution in [3.8, 4) is 0 Å². The smallest absolute Gasteiger partial charge is 0.317 e. The van der Waals surface area contributed by atoms with E-state index in [4.69, 9.17) is 10.9 Å². The minimum Gasteiger partial charge on any atom is -0.409 e. The molecule has 0 aliphatic rings. The Balaban J connectivity index is 3.73. The first kappa shape index (κ1) is 12.5. The number of amidine groups is 1. The maximum Gasteiger partial charge on any atom is 0.317 e. The standard InChI is InChI=1S/C8H18N4O2/c1-3-12(4-2)8(13)10-6-5-7(9)11-14/h14H,3-6H2,1-2H3,(H2,9,11)(H,10,13). The lowest BCUT2D eigenvalue weighted by atomic mass is 10.4. The third-order valence-corrected chi connectivity index (χ3v) is 1.84. The SMILES string of the molecule is CCN(CC)C(=O)NCCC(N)=NO. The molecule has 4 N–H and O–H groups in total. The third kappa shape index (κ3) is 4.54. The van der Waals surface area contributed by atoms with Crippen molar-refractivity contribution >= 4 is 11.9 Å². The Labute approximate surface area is 83.7 Å². The fourth-order valence-corrected chi connectivity index (χ4v) is 0.970. The third-order valence-electron chi connectivity index (χ3n) is 1.84. The number of rotatable bonds is 5. The van der Waals surface area contributed by atoms with Gasteiger partial charge in [0.15, 0.2) is 0 Å². The van der Waals surface area contributed by atoms with Crippen molar-refractivity contribution in [2.45, 2.75) is 20.3 Å². The zero-order valence-electron chi connectivity index (χ0n) is 8.66. The second-order valence-corrected chi connectivity index (χ2v) is 2.75. The highest BCUT2D eigenvalue weighted by Crippen LogP contribution is 1.88. The van der Waals surface area contributed by atoms with E-state index in [1.54, 1.807) is 4.90 Å². The number of nitrogens with zero attached hydrogens (tertiary/aromatic N) is 2. The summed E-state index contributed by atoms with van der Waals surface area (Å²) in [6.07, 6.45) is 0.351. The Kier molecular flexibility index (Phi) is 6.26. The van der Waals surface area contributed by atoms with Gasteiger partial charge in [0.25, 0.3) is 0 Å². The molecule has 0 rings (SSSR count). The molecule has 6 heteroatoms. The first-order valence-electron chi connectivity index (χ1n) is 4.64. The molecule has 0 heterocycles. The van der Waals surface area contributed by atoms with Crippen molar-refractivity contribution in [3.05, 3.63) is 0 Å². The van der Waals surface area contributed by atoms with Gasteiger partial charge in [-0.05, 0) is 13.8 Å². The number of urea groups is 1. The van der Waals surface area contributed by atoms with E-state index in [-0.39, 0.29) is 11.9 Å². The van der Waals surface area contributed by atoms with Crippen molar-refractivity contribution in [1.82, 2.24) is 10.2 Å². The quantitative estimate of drug-likeness (QED) is 0.257. The molecule has 0 aliphatic carbocycles. The highest BCUT2D eigenvalue weighted by Gasteiger charge is 2.07. The van der Waals surface area contributed by atoms with E-state index in [0.29, 0.717) is 26.1 Å². The summed E-state index contributed by atoms with van der Waals surface area (Å²) >= 11 is 0. The van der Waals surface area contributed by atoms with Crippen LogP contribution in [0.25, 0.3) is 0 Å². The van der Waals surface area contributed by atoms with Crippen molar-refractivity contribution in [3.63, 3.8) is 0 Å². The number of hydrogen-bond acceptors (Lipinski definition) is 3. The average molecular weight is 202 g/mol. The van der Waals surface area contributed by atoms with E-state index in [2.05, 4.69) is 10.5 Å². The Morgan fingerprint density at radius 1 is 1.50 bits per heavy atom. The van der Waals surface area contributed by atoms with Gasteiger partial charge in [-0.2, -0.15) is 0 Å². The van der Waals surface area contributed by atoms with Gasteiger partial charge in [-0.3, -0.25) is 0 Å². The molecule has 0 atom stereocenters. The maximum absolute atomic E-state index is 11.3. The van der Waals surface area contributed by atoms with Crippen molar-refractivity contribution in [2.75, 3.05) is 19.6 Å². The van der Waals surface area contributed by atoms with Crippen molar-refractivity contribution in [1.29, 1.82) is 0 Å².